The number of hydroxylamine groups is 2. The van der Waals surface area contributed by atoms with E-state index >= 15 is 0 Å². The Morgan fingerprint density at radius 3 is 2.36 bits per heavy atom. The van der Waals surface area contributed by atoms with Gasteiger partial charge in [-0.05, 0) is 27.7 Å². The lowest BCUT2D eigenvalue weighted by Gasteiger charge is -2.33. The summed E-state index contributed by atoms with van der Waals surface area (Å²) in [5, 5.41) is 15.0. The predicted molar refractivity (Wildman–Crippen MR) is 56.8 cm³/mol. The van der Waals surface area contributed by atoms with E-state index in [4.69, 9.17) is 0 Å². The second-order valence-electron chi connectivity index (χ2n) is 4.34. The van der Waals surface area contributed by atoms with E-state index in [9.17, 15) is 5.21 Å². The van der Waals surface area contributed by atoms with Crippen molar-refractivity contribution in [1.82, 2.24) is 10.5 Å². The summed E-state index contributed by atoms with van der Waals surface area (Å²) >= 11 is 0. The standard InChI is InChI=1S/C9H18N4O/c1-8(2)7(6-11-10-5)12-9(3,4)13(8)14/h6,10,14H,1-5H3/b11-6+. The summed E-state index contributed by atoms with van der Waals surface area (Å²) in [6.45, 7) is 7.52. The number of hydrogen-bond donors (Lipinski definition) is 2. The van der Waals surface area contributed by atoms with Crippen LogP contribution in [0.25, 0.3) is 0 Å². The third-order valence-corrected chi connectivity index (χ3v) is 2.38. The minimum atomic E-state index is -0.585. The van der Waals surface area contributed by atoms with E-state index in [1.165, 1.54) is 5.06 Å². The molecule has 1 rings (SSSR count). The quantitative estimate of drug-likeness (QED) is 0.511. The van der Waals surface area contributed by atoms with Crippen LogP contribution < -0.4 is 5.43 Å². The third kappa shape index (κ3) is 1.65. The van der Waals surface area contributed by atoms with Crippen LogP contribution in [0, 0.1) is 0 Å². The number of hydrazone groups is 1. The zero-order valence-corrected chi connectivity index (χ0v) is 9.37. The monoisotopic (exact) mass is 198 g/mol. The molecule has 1 aliphatic heterocycles. The van der Waals surface area contributed by atoms with Crippen molar-refractivity contribution in [2.45, 2.75) is 38.9 Å². The molecule has 0 amide bonds. The lowest BCUT2D eigenvalue weighted by Crippen LogP contribution is -2.50. The Bertz CT molecular complexity index is 281. The van der Waals surface area contributed by atoms with Gasteiger partial charge < -0.3 is 10.6 Å². The Balaban J connectivity index is 3.00. The molecular formula is C9H18N4O. The molecule has 0 saturated carbocycles. The summed E-state index contributed by atoms with van der Waals surface area (Å²) in [5.41, 5.74) is 2.35. The van der Waals surface area contributed by atoms with Crippen LogP contribution in [0.5, 0.6) is 0 Å². The highest BCUT2D eigenvalue weighted by molar-refractivity contribution is 6.35. The molecule has 14 heavy (non-hydrogen) atoms. The molecular weight excluding hydrogens is 180 g/mol. The van der Waals surface area contributed by atoms with Crippen LogP contribution >= 0.6 is 0 Å². The van der Waals surface area contributed by atoms with Crippen molar-refractivity contribution in [2.24, 2.45) is 10.1 Å². The Kier molecular flexibility index (Phi) is 2.65. The second-order valence-corrected chi connectivity index (χ2v) is 4.34. The van der Waals surface area contributed by atoms with E-state index < -0.39 is 11.2 Å². The minimum Gasteiger partial charge on any atom is -0.313 e. The van der Waals surface area contributed by atoms with Crippen LogP contribution in [0.1, 0.15) is 27.7 Å². The Hall–Kier alpha value is -0.940. The first kappa shape index (κ1) is 11.1. The molecule has 0 fully saturated rings. The summed E-state index contributed by atoms with van der Waals surface area (Å²) in [6.07, 6.45) is 1.64. The van der Waals surface area contributed by atoms with E-state index in [1.54, 1.807) is 13.3 Å². The third-order valence-electron chi connectivity index (χ3n) is 2.38. The van der Waals surface area contributed by atoms with E-state index in [2.05, 4.69) is 15.5 Å². The topological polar surface area (TPSA) is 60.2 Å². The fourth-order valence-electron chi connectivity index (χ4n) is 1.58. The first-order chi connectivity index (χ1) is 6.32. The molecule has 0 aromatic rings. The maximum absolute atomic E-state index is 9.89. The van der Waals surface area contributed by atoms with E-state index in [1.807, 2.05) is 27.7 Å². The molecule has 5 nitrogen and oxygen atoms in total. The summed E-state index contributed by atoms with van der Waals surface area (Å²) in [7, 11) is 1.72. The van der Waals surface area contributed by atoms with E-state index in [0.717, 1.165) is 5.71 Å². The zero-order valence-electron chi connectivity index (χ0n) is 9.37. The smallest absolute Gasteiger partial charge is 0.131 e. The lowest BCUT2D eigenvalue weighted by molar-refractivity contribution is -0.187. The summed E-state index contributed by atoms with van der Waals surface area (Å²) in [6, 6.07) is 0. The predicted octanol–water partition coefficient (Wildman–Crippen LogP) is 0.852. The molecule has 1 aliphatic rings. The number of aliphatic imine (C=N–C) groups is 1. The molecule has 80 valence electrons. The molecule has 0 bridgehead atoms. The normalized spacial score (nSPS) is 25.4. The van der Waals surface area contributed by atoms with Crippen LogP contribution in [-0.2, 0) is 0 Å². The van der Waals surface area contributed by atoms with Gasteiger partial charge in [0.1, 0.15) is 5.66 Å². The molecule has 0 aromatic carbocycles. The van der Waals surface area contributed by atoms with Crippen molar-refractivity contribution in [2.75, 3.05) is 7.05 Å². The highest BCUT2D eigenvalue weighted by Crippen LogP contribution is 2.32. The Labute approximate surface area is 84.5 Å². The molecule has 0 spiro atoms. The zero-order chi connectivity index (χ0) is 11.0. The van der Waals surface area contributed by atoms with Crippen LogP contribution in [0.15, 0.2) is 10.1 Å². The van der Waals surface area contributed by atoms with Crippen LogP contribution in [0.2, 0.25) is 0 Å². The molecule has 0 unspecified atom stereocenters. The van der Waals surface area contributed by atoms with Crippen molar-refractivity contribution in [3.63, 3.8) is 0 Å². The van der Waals surface area contributed by atoms with Crippen molar-refractivity contribution in [1.29, 1.82) is 0 Å². The Morgan fingerprint density at radius 2 is 2.00 bits per heavy atom. The van der Waals surface area contributed by atoms with Crippen molar-refractivity contribution >= 4 is 11.9 Å². The first-order valence-electron chi connectivity index (χ1n) is 4.61. The van der Waals surface area contributed by atoms with Gasteiger partial charge in [0.2, 0.25) is 0 Å². The molecule has 0 atom stereocenters. The fraction of sp³-hybridized carbons (Fsp3) is 0.778. The average Bonchev–Trinajstić information content (AvgIpc) is 2.23. The van der Waals surface area contributed by atoms with Gasteiger partial charge in [-0.25, -0.2) is 0 Å². The number of rotatable bonds is 2. The maximum atomic E-state index is 9.89. The fourth-order valence-corrected chi connectivity index (χ4v) is 1.58. The van der Waals surface area contributed by atoms with Gasteiger partial charge in [0, 0.05) is 7.05 Å². The second kappa shape index (κ2) is 3.33. The molecule has 0 aliphatic carbocycles. The average molecular weight is 198 g/mol. The van der Waals surface area contributed by atoms with Gasteiger partial charge in [0.05, 0.1) is 17.5 Å². The summed E-state index contributed by atoms with van der Waals surface area (Å²) < 4.78 is 0. The van der Waals surface area contributed by atoms with Gasteiger partial charge in [0.15, 0.2) is 0 Å². The van der Waals surface area contributed by atoms with E-state index in [0.29, 0.717) is 0 Å². The lowest BCUT2D eigenvalue weighted by atomic mass is 9.99. The van der Waals surface area contributed by atoms with Crippen LogP contribution in [0.3, 0.4) is 0 Å². The van der Waals surface area contributed by atoms with Crippen molar-refractivity contribution < 1.29 is 5.21 Å². The molecule has 1 heterocycles. The summed E-state index contributed by atoms with van der Waals surface area (Å²) in [4.78, 5) is 4.39. The van der Waals surface area contributed by atoms with Crippen LogP contribution in [0.4, 0.5) is 0 Å². The van der Waals surface area contributed by atoms with Gasteiger partial charge in [0.25, 0.3) is 0 Å². The van der Waals surface area contributed by atoms with Crippen molar-refractivity contribution in [3.05, 3.63) is 0 Å². The molecule has 0 aromatic heterocycles. The molecule has 2 N–H and O–H groups in total. The largest absolute Gasteiger partial charge is 0.313 e. The number of hydrogen-bond acceptors (Lipinski definition) is 5. The van der Waals surface area contributed by atoms with E-state index in [-0.39, 0.29) is 0 Å². The van der Waals surface area contributed by atoms with Crippen LogP contribution in [-0.4, -0.2) is 40.4 Å². The minimum absolute atomic E-state index is 0.496. The van der Waals surface area contributed by atoms with Gasteiger partial charge in [-0.15, -0.1) is 0 Å². The maximum Gasteiger partial charge on any atom is 0.131 e. The van der Waals surface area contributed by atoms with Gasteiger partial charge in [-0.1, -0.05) is 0 Å². The molecule has 0 radical (unpaired) electrons. The number of nitrogens with zero attached hydrogens (tertiary/aromatic N) is 3. The Morgan fingerprint density at radius 1 is 1.43 bits per heavy atom. The van der Waals surface area contributed by atoms with Gasteiger partial charge >= 0.3 is 0 Å². The number of nitrogens with one attached hydrogen (secondary N) is 1. The SMILES string of the molecule is CN/N=C/C1=NC(C)(C)N(O)C1(C)C. The highest BCUT2D eigenvalue weighted by atomic mass is 16.5. The highest BCUT2D eigenvalue weighted by Gasteiger charge is 2.46. The van der Waals surface area contributed by atoms with Gasteiger partial charge in [-0.3, -0.25) is 4.99 Å². The molecule has 0 saturated heterocycles. The first-order valence-corrected chi connectivity index (χ1v) is 4.61. The van der Waals surface area contributed by atoms with Gasteiger partial charge in [-0.2, -0.15) is 10.2 Å². The van der Waals surface area contributed by atoms with Crippen molar-refractivity contribution in [3.8, 4) is 0 Å². The molecule has 5 heteroatoms. The summed E-state index contributed by atoms with van der Waals surface area (Å²) in [5.74, 6) is 0.